The number of anilines is 2. The third kappa shape index (κ3) is 3.61. The van der Waals surface area contributed by atoms with Gasteiger partial charge in [-0.15, -0.1) is 0 Å². The molecule has 3 rings (SSSR count). The van der Waals surface area contributed by atoms with Crippen LogP contribution in [0.5, 0.6) is 0 Å². The lowest BCUT2D eigenvalue weighted by Gasteiger charge is -2.31. The van der Waals surface area contributed by atoms with E-state index >= 15 is 0 Å². The maximum atomic E-state index is 13.0. The van der Waals surface area contributed by atoms with E-state index in [1.54, 1.807) is 43.3 Å². The van der Waals surface area contributed by atoms with Gasteiger partial charge in [0.25, 0.3) is 5.91 Å². The highest BCUT2D eigenvalue weighted by atomic mass is 16.4. The minimum absolute atomic E-state index is 0.0000803. The van der Waals surface area contributed by atoms with Gasteiger partial charge >= 0.3 is 6.03 Å². The zero-order chi connectivity index (χ0) is 20.3. The average Bonchev–Trinajstić information content (AvgIpc) is 2.68. The lowest BCUT2D eigenvalue weighted by atomic mass is 9.99. The second kappa shape index (κ2) is 7.75. The Hall–Kier alpha value is -3.94. The number of barbiturate groups is 1. The van der Waals surface area contributed by atoms with Crippen LogP contribution in [0.1, 0.15) is 17.3 Å². The number of carbonyl (C=O) groups excluding carboxylic acids is 4. The van der Waals surface area contributed by atoms with Crippen LogP contribution >= 0.6 is 0 Å². The van der Waals surface area contributed by atoms with Crippen molar-refractivity contribution < 1.29 is 24.3 Å². The second-order valence-corrected chi connectivity index (χ2v) is 5.97. The smallest absolute Gasteiger partial charge is 0.335 e. The molecule has 0 aliphatic carbocycles. The minimum Gasteiger partial charge on any atom is -0.545 e. The number of aromatic carboxylic acids is 1. The molecule has 1 aliphatic rings. The van der Waals surface area contributed by atoms with E-state index < -0.39 is 29.7 Å². The van der Waals surface area contributed by atoms with Crippen molar-refractivity contribution >= 4 is 35.2 Å². The summed E-state index contributed by atoms with van der Waals surface area (Å²) in [6.45, 7) is 1.64. The highest BCUT2D eigenvalue weighted by Crippen LogP contribution is 2.25. The normalized spacial score (nSPS) is 17.3. The molecule has 4 amide bonds. The fourth-order valence-electron chi connectivity index (χ4n) is 2.84. The second-order valence-electron chi connectivity index (χ2n) is 5.97. The monoisotopic (exact) mass is 378 g/mol. The molecule has 0 spiro atoms. The summed E-state index contributed by atoms with van der Waals surface area (Å²) in [6, 6.07) is 13.1. The number of hydrogen-bond acceptors (Lipinski definition) is 6. The number of para-hydroxylation sites is 1. The highest BCUT2D eigenvalue weighted by Gasteiger charge is 2.43. The Balaban J connectivity index is 1.88. The van der Waals surface area contributed by atoms with E-state index in [0.29, 0.717) is 11.4 Å². The molecule has 0 bridgehead atoms. The summed E-state index contributed by atoms with van der Waals surface area (Å²) in [5, 5.41) is 16.0. The summed E-state index contributed by atoms with van der Waals surface area (Å²) < 4.78 is 0. The van der Waals surface area contributed by atoms with Crippen LogP contribution in [0.3, 0.4) is 0 Å². The van der Waals surface area contributed by atoms with Crippen molar-refractivity contribution in [3.8, 4) is 0 Å². The van der Waals surface area contributed by atoms with Gasteiger partial charge in [0, 0.05) is 11.4 Å². The molecule has 8 nitrogen and oxygen atoms in total. The van der Waals surface area contributed by atoms with Crippen molar-refractivity contribution in [2.75, 3.05) is 10.2 Å². The summed E-state index contributed by atoms with van der Waals surface area (Å²) in [7, 11) is 0. The van der Waals surface area contributed by atoms with Crippen molar-refractivity contribution in [3.05, 3.63) is 71.9 Å². The molecule has 1 aliphatic heterocycles. The quantitative estimate of drug-likeness (QED) is 0.756. The number of carboxylic acids is 1. The SMILES string of the molecule is C/C=C(\Nc1ccc(C(=O)[O-])cc1)[C@@H]1C(=O)NC(=O)N(c2ccccc2)C1=O. The number of nitrogens with one attached hydrogen (secondary N) is 2. The van der Waals surface area contributed by atoms with Gasteiger partial charge in [-0.05, 0) is 36.8 Å². The van der Waals surface area contributed by atoms with E-state index in [1.165, 1.54) is 24.3 Å². The predicted molar refractivity (Wildman–Crippen MR) is 99.1 cm³/mol. The Morgan fingerprint density at radius 3 is 2.29 bits per heavy atom. The molecule has 1 saturated heterocycles. The number of benzene rings is 2. The molecule has 0 unspecified atom stereocenters. The van der Waals surface area contributed by atoms with Gasteiger partial charge in [-0.2, -0.15) is 0 Å². The Morgan fingerprint density at radius 1 is 1.07 bits per heavy atom. The van der Waals surface area contributed by atoms with Crippen LogP contribution < -0.4 is 20.6 Å². The van der Waals surface area contributed by atoms with Gasteiger partial charge in [0.1, 0.15) is 0 Å². The molecule has 2 aromatic carbocycles. The Morgan fingerprint density at radius 2 is 1.71 bits per heavy atom. The molecule has 1 heterocycles. The zero-order valence-electron chi connectivity index (χ0n) is 14.8. The number of urea groups is 1. The van der Waals surface area contributed by atoms with Crippen molar-refractivity contribution in [3.63, 3.8) is 0 Å². The Kier molecular flexibility index (Phi) is 5.21. The molecule has 0 saturated carbocycles. The molecule has 142 valence electrons. The van der Waals surface area contributed by atoms with E-state index in [4.69, 9.17) is 0 Å². The van der Waals surface area contributed by atoms with Gasteiger partial charge < -0.3 is 15.2 Å². The van der Waals surface area contributed by atoms with Gasteiger partial charge in [0.15, 0.2) is 5.92 Å². The summed E-state index contributed by atoms with van der Waals surface area (Å²) in [5.74, 6) is -4.00. The van der Waals surface area contributed by atoms with Gasteiger partial charge in [0.05, 0.1) is 11.7 Å². The number of rotatable bonds is 5. The predicted octanol–water partition coefficient (Wildman–Crippen LogP) is 1.27. The van der Waals surface area contributed by atoms with Gasteiger partial charge in [-0.25, -0.2) is 9.69 Å². The first-order valence-electron chi connectivity index (χ1n) is 8.41. The Bertz CT molecular complexity index is 967. The number of carbonyl (C=O) groups is 4. The van der Waals surface area contributed by atoms with Crippen LogP contribution in [-0.2, 0) is 9.59 Å². The fraction of sp³-hybridized carbons (Fsp3) is 0.100. The molecule has 0 radical (unpaired) electrons. The first-order valence-corrected chi connectivity index (χ1v) is 8.41. The van der Waals surface area contributed by atoms with Crippen molar-refractivity contribution in [2.24, 2.45) is 5.92 Å². The number of imide groups is 2. The number of nitrogens with zero attached hydrogens (tertiary/aromatic N) is 1. The molecule has 1 fully saturated rings. The maximum Gasteiger partial charge on any atom is 0.335 e. The van der Waals surface area contributed by atoms with Crippen molar-refractivity contribution in [1.82, 2.24) is 5.32 Å². The summed E-state index contributed by atoms with van der Waals surface area (Å²) >= 11 is 0. The van der Waals surface area contributed by atoms with E-state index in [2.05, 4.69) is 10.6 Å². The maximum absolute atomic E-state index is 13.0. The lowest BCUT2D eigenvalue weighted by molar-refractivity contribution is -0.255. The molecule has 2 N–H and O–H groups in total. The van der Waals surface area contributed by atoms with Gasteiger partial charge in [0.2, 0.25) is 5.91 Å². The number of allylic oxidation sites excluding steroid dienone is 1. The number of hydrogen-bond donors (Lipinski definition) is 2. The topological polar surface area (TPSA) is 119 Å². The molecule has 0 aromatic heterocycles. The lowest BCUT2D eigenvalue weighted by Crippen LogP contribution is -2.59. The molecule has 1 atom stereocenters. The third-order valence-corrected chi connectivity index (χ3v) is 4.21. The average molecular weight is 378 g/mol. The van der Waals surface area contributed by atoms with Crippen LogP contribution in [0.2, 0.25) is 0 Å². The van der Waals surface area contributed by atoms with Crippen molar-refractivity contribution in [2.45, 2.75) is 6.92 Å². The van der Waals surface area contributed by atoms with Crippen LogP contribution in [-0.4, -0.2) is 23.8 Å². The van der Waals surface area contributed by atoms with E-state index in [1.807, 2.05) is 0 Å². The van der Waals surface area contributed by atoms with Gasteiger partial charge in [-0.1, -0.05) is 36.4 Å². The first-order chi connectivity index (χ1) is 13.4. The number of carboxylic acid groups (broad SMARTS) is 1. The largest absolute Gasteiger partial charge is 0.545 e. The summed E-state index contributed by atoms with van der Waals surface area (Å²) in [4.78, 5) is 49.3. The standard InChI is InChI=1S/C20H17N3O5/c1-2-15(21-13-10-8-12(9-11-13)19(26)27)16-17(24)22-20(28)23(18(16)25)14-6-4-3-5-7-14/h2-11,16,21H,1H3,(H,26,27)(H,22,24,28)/p-1/b15-2-/t16-/m1/s1. The van der Waals surface area contributed by atoms with E-state index in [-0.39, 0.29) is 11.3 Å². The minimum atomic E-state index is -1.31. The van der Waals surface area contributed by atoms with Gasteiger partial charge in [-0.3, -0.25) is 14.9 Å². The molecule has 2 aromatic rings. The first kappa shape index (κ1) is 18.8. The van der Waals surface area contributed by atoms with E-state index in [0.717, 1.165) is 4.90 Å². The van der Waals surface area contributed by atoms with Crippen LogP contribution in [0.25, 0.3) is 0 Å². The zero-order valence-corrected chi connectivity index (χ0v) is 14.8. The molecule has 8 heteroatoms. The Labute approximate surface area is 160 Å². The third-order valence-electron chi connectivity index (χ3n) is 4.21. The van der Waals surface area contributed by atoms with Crippen LogP contribution in [0.15, 0.2) is 66.4 Å². The summed E-state index contributed by atoms with van der Waals surface area (Å²) in [5.41, 5.74) is 1.08. The van der Waals surface area contributed by atoms with Crippen LogP contribution in [0.4, 0.5) is 16.2 Å². The van der Waals surface area contributed by atoms with Crippen LogP contribution in [0, 0.1) is 5.92 Å². The molecular formula is C20H16N3O5-. The highest BCUT2D eigenvalue weighted by molar-refractivity contribution is 6.29. The summed E-state index contributed by atoms with van der Waals surface area (Å²) in [6.07, 6.45) is 1.55. The number of amides is 4. The van der Waals surface area contributed by atoms with E-state index in [9.17, 15) is 24.3 Å². The molecule has 28 heavy (non-hydrogen) atoms. The van der Waals surface area contributed by atoms with Crippen molar-refractivity contribution in [1.29, 1.82) is 0 Å². The fourth-order valence-corrected chi connectivity index (χ4v) is 2.84. The molecular weight excluding hydrogens is 362 g/mol.